The number of carbonyl (C=O) groups excluding carboxylic acids is 4. The lowest BCUT2D eigenvalue weighted by Gasteiger charge is -2.28. The third kappa shape index (κ3) is 11.3. The third-order valence-corrected chi connectivity index (χ3v) is 15.3. The Bertz CT molecular complexity index is 2300. The van der Waals surface area contributed by atoms with E-state index in [1.165, 1.54) is 64.2 Å². The van der Waals surface area contributed by atoms with Gasteiger partial charge < -0.3 is 28.7 Å². The van der Waals surface area contributed by atoms with Gasteiger partial charge in [-0.15, -0.1) is 11.3 Å². The highest BCUT2D eigenvalue weighted by Gasteiger charge is 2.44. The standard InChI is InChI=1S/C47H49N3O8PS/c1-34-48-42-26-24-38(33-45(42)60-34)58-47(54)50(30-29-49(4)46(53)57-37-25-27-43(55-35(2)51)44(32-37)56-36(3)52)28-16-5-6-17-31-59(39-18-10-7-11-19-39,40-20-12-8-13-21-40)41-22-14-9-15-23-41/h7-15,18-27,32-33H,5-6,16-17,28-31H2,1-4H3/q+1. The molecule has 0 aliphatic carbocycles. The second-order valence-corrected chi connectivity index (χ2v) is 19.1. The molecule has 0 aliphatic heterocycles. The molecule has 0 bridgehead atoms. The van der Waals surface area contributed by atoms with Crippen molar-refractivity contribution in [2.24, 2.45) is 0 Å². The number of fused-ring (bicyclic) bond motifs is 1. The van der Waals surface area contributed by atoms with E-state index in [9.17, 15) is 19.2 Å². The van der Waals surface area contributed by atoms with Crippen LogP contribution >= 0.6 is 18.6 Å². The van der Waals surface area contributed by atoms with E-state index < -0.39 is 31.4 Å². The molecular weight excluding hydrogens is 798 g/mol. The Balaban J connectivity index is 1.12. The van der Waals surface area contributed by atoms with Gasteiger partial charge in [0.05, 0.1) is 21.4 Å². The Labute approximate surface area is 355 Å². The van der Waals surface area contributed by atoms with Crippen LogP contribution in [-0.4, -0.2) is 71.8 Å². The van der Waals surface area contributed by atoms with Crippen LogP contribution < -0.4 is 34.9 Å². The number of aryl methyl sites for hydroxylation is 1. The molecule has 6 aromatic rings. The second kappa shape index (κ2) is 20.7. The number of thiazole rings is 1. The molecule has 6 rings (SSSR count). The maximum atomic E-state index is 13.8. The van der Waals surface area contributed by atoms with Crippen molar-refractivity contribution in [1.82, 2.24) is 14.8 Å². The predicted molar refractivity (Wildman–Crippen MR) is 238 cm³/mol. The molecule has 1 aromatic heterocycles. The summed E-state index contributed by atoms with van der Waals surface area (Å²) in [7, 11) is -0.382. The Hall–Kier alpha value is -6.10. The summed E-state index contributed by atoms with van der Waals surface area (Å²) < 4.78 is 22.7. The lowest BCUT2D eigenvalue weighted by Crippen LogP contribution is -2.42. The van der Waals surface area contributed by atoms with E-state index in [4.69, 9.17) is 18.9 Å². The number of esters is 2. The fourth-order valence-corrected chi connectivity index (χ4v) is 12.3. The molecule has 310 valence electrons. The number of amides is 2. The lowest BCUT2D eigenvalue weighted by atomic mass is 10.2. The van der Waals surface area contributed by atoms with Crippen molar-refractivity contribution in [3.05, 3.63) is 132 Å². The van der Waals surface area contributed by atoms with Crippen LogP contribution in [0.1, 0.15) is 44.5 Å². The molecular formula is C47H49N3O8PS+. The molecule has 0 aliphatic rings. The molecule has 11 nitrogen and oxygen atoms in total. The quantitative estimate of drug-likeness (QED) is 0.0383. The molecule has 0 N–H and O–H groups in total. The minimum absolute atomic E-state index is 0.00852. The van der Waals surface area contributed by atoms with E-state index in [1.807, 2.05) is 19.1 Å². The number of nitrogens with zero attached hydrogens (tertiary/aromatic N) is 3. The molecule has 0 saturated heterocycles. The summed E-state index contributed by atoms with van der Waals surface area (Å²) >= 11 is 1.53. The summed E-state index contributed by atoms with van der Waals surface area (Å²) in [6.45, 7) is 5.10. The highest BCUT2D eigenvalue weighted by molar-refractivity contribution is 7.95. The first kappa shape index (κ1) is 43.5. The maximum absolute atomic E-state index is 13.8. The van der Waals surface area contributed by atoms with E-state index in [0.29, 0.717) is 12.3 Å². The number of hydrogen-bond donors (Lipinski definition) is 0. The number of unbranched alkanes of at least 4 members (excludes halogenated alkanes) is 3. The number of ether oxygens (including phenoxy) is 4. The molecule has 13 heteroatoms. The van der Waals surface area contributed by atoms with Crippen LogP contribution in [0.5, 0.6) is 23.0 Å². The van der Waals surface area contributed by atoms with Crippen LogP contribution in [0.15, 0.2) is 127 Å². The van der Waals surface area contributed by atoms with Gasteiger partial charge in [-0.1, -0.05) is 61.0 Å². The molecule has 1 heterocycles. The van der Waals surface area contributed by atoms with Gasteiger partial charge in [0, 0.05) is 52.7 Å². The van der Waals surface area contributed by atoms with Crippen LogP contribution in [0.3, 0.4) is 0 Å². The zero-order chi connectivity index (χ0) is 42.5. The highest BCUT2D eigenvalue weighted by atomic mass is 32.1. The Morgan fingerprint density at radius 3 is 1.72 bits per heavy atom. The third-order valence-electron chi connectivity index (χ3n) is 9.84. The number of hydrogen-bond acceptors (Lipinski definition) is 10. The van der Waals surface area contributed by atoms with Crippen LogP contribution in [0.4, 0.5) is 9.59 Å². The van der Waals surface area contributed by atoms with E-state index >= 15 is 0 Å². The number of carbonyl (C=O) groups is 4. The number of rotatable bonds is 17. The van der Waals surface area contributed by atoms with Gasteiger partial charge in [-0.2, -0.15) is 0 Å². The number of aromatic nitrogens is 1. The SMILES string of the molecule is CC(=O)Oc1ccc(OC(=O)N(C)CCN(CCCCCC[P+](c2ccccc2)(c2ccccc2)c2ccccc2)C(=O)Oc2ccc3nc(C)sc3c2)cc1OC(C)=O. The van der Waals surface area contributed by atoms with E-state index in [2.05, 4.69) is 96.0 Å². The van der Waals surface area contributed by atoms with Crippen molar-refractivity contribution in [2.45, 2.75) is 46.5 Å². The summed E-state index contributed by atoms with van der Waals surface area (Å²) in [5, 5.41) is 4.99. The number of likely N-dealkylation sites (N-methyl/N-ethyl adjacent to an activating group) is 1. The second-order valence-electron chi connectivity index (χ2n) is 14.3. The molecule has 0 atom stereocenters. The summed E-state index contributed by atoms with van der Waals surface area (Å²) in [6, 6.07) is 42.0. The predicted octanol–water partition coefficient (Wildman–Crippen LogP) is 8.94. The van der Waals surface area contributed by atoms with Crippen molar-refractivity contribution >= 4 is 68.9 Å². The zero-order valence-corrected chi connectivity index (χ0v) is 36.0. The highest BCUT2D eigenvalue weighted by Crippen LogP contribution is 2.56. The van der Waals surface area contributed by atoms with Crippen molar-refractivity contribution in [1.29, 1.82) is 0 Å². The Morgan fingerprint density at radius 1 is 0.583 bits per heavy atom. The van der Waals surface area contributed by atoms with E-state index in [1.54, 1.807) is 18.0 Å². The van der Waals surface area contributed by atoms with Crippen molar-refractivity contribution in [3.63, 3.8) is 0 Å². The van der Waals surface area contributed by atoms with Crippen LogP contribution in [0.2, 0.25) is 0 Å². The average molecular weight is 847 g/mol. The van der Waals surface area contributed by atoms with Gasteiger partial charge in [0.1, 0.15) is 34.7 Å². The molecule has 0 unspecified atom stereocenters. The first-order valence-electron chi connectivity index (χ1n) is 19.8. The molecule has 60 heavy (non-hydrogen) atoms. The monoisotopic (exact) mass is 846 g/mol. The fraction of sp³-hybridized carbons (Fsp3) is 0.255. The molecule has 0 radical (unpaired) electrons. The lowest BCUT2D eigenvalue weighted by molar-refractivity contribution is -0.134. The van der Waals surface area contributed by atoms with Gasteiger partial charge in [0.15, 0.2) is 11.5 Å². The normalized spacial score (nSPS) is 11.1. The minimum Gasteiger partial charge on any atom is -0.423 e. The van der Waals surface area contributed by atoms with Crippen LogP contribution in [0.25, 0.3) is 10.2 Å². The van der Waals surface area contributed by atoms with Gasteiger partial charge >= 0.3 is 24.1 Å². The Morgan fingerprint density at radius 2 is 1.12 bits per heavy atom. The summed E-state index contributed by atoms with van der Waals surface area (Å²) in [4.78, 5) is 57.7. The average Bonchev–Trinajstić information content (AvgIpc) is 3.62. The molecule has 5 aromatic carbocycles. The van der Waals surface area contributed by atoms with E-state index in [-0.39, 0.29) is 30.3 Å². The van der Waals surface area contributed by atoms with Gasteiger partial charge in [-0.05, 0) is 86.8 Å². The van der Waals surface area contributed by atoms with Gasteiger partial charge in [-0.25, -0.2) is 14.6 Å². The van der Waals surface area contributed by atoms with E-state index in [0.717, 1.165) is 47.1 Å². The fourth-order valence-electron chi connectivity index (χ4n) is 7.00. The summed E-state index contributed by atoms with van der Waals surface area (Å²) in [5.74, 6) is -0.819. The first-order valence-corrected chi connectivity index (χ1v) is 22.6. The molecule has 2 amide bonds. The maximum Gasteiger partial charge on any atom is 0.415 e. The molecule has 0 saturated carbocycles. The topological polar surface area (TPSA) is 125 Å². The van der Waals surface area contributed by atoms with Gasteiger partial charge in [0.2, 0.25) is 0 Å². The Kier molecular flexibility index (Phi) is 15.0. The van der Waals surface area contributed by atoms with Gasteiger partial charge in [-0.3, -0.25) is 9.59 Å². The molecule has 0 spiro atoms. The largest absolute Gasteiger partial charge is 0.423 e. The smallest absolute Gasteiger partial charge is 0.415 e. The van der Waals surface area contributed by atoms with Crippen molar-refractivity contribution < 1.29 is 38.1 Å². The zero-order valence-electron chi connectivity index (χ0n) is 34.2. The molecule has 0 fully saturated rings. The van der Waals surface area contributed by atoms with Crippen LogP contribution in [0, 0.1) is 6.92 Å². The van der Waals surface area contributed by atoms with Crippen molar-refractivity contribution in [2.75, 3.05) is 32.8 Å². The van der Waals surface area contributed by atoms with Crippen molar-refractivity contribution in [3.8, 4) is 23.0 Å². The number of benzene rings is 5. The summed E-state index contributed by atoms with van der Waals surface area (Å²) in [6.07, 6.45) is 3.38. The van der Waals surface area contributed by atoms with Crippen LogP contribution in [-0.2, 0) is 9.59 Å². The minimum atomic E-state index is -1.95. The first-order chi connectivity index (χ1) is 29.0. The van der Waals surface area contributed by atoms with Gasteiger partial charge in [0.25, 0.3) is 0 Å². The summed E-state index contributed by atoms with van der Waals surface area (Å²) in [5.41, 5.74) is 0.841.